The van der Waals surface area contributed by atoms with Crippen LogP contribution in [0.3, 0.4) is 0 Å². The Morgan fingerprint density at radius 2 is 2.13 bits per heavy atom. The molecule has 3 heteroatoms. The van der Waals surface area contributed by atoms with Crippen LogP contribution in [0.25, 0.3) is 0 Å². The topological polar surface area (TPSA) is 15.3 Å². The largest absolute Gasteiger partial charge is 0.363 e. The normalized spacial score (nSPS) is 15.5. The fourth-order valence-electron chi connectivity index (χ4n) is 1.65. The van der Waals surface area contributed by atoms with Crippen LogP contribution in [0.15, 0.2) is 0 Å². The summed E-state index contributed by atoms with van der Waals surface area (Å²) in [6.45, 7) is 8.84. The molecule has 0 aliphatic heterocycles. The summed E-state index contributed by atoms with van der Waals surface area (Å²) in [7, 11) is 0. The fraction of sp³-hybridized carbons (Fsp3) is 0.917. The molecule has 88 valence electrons. The van der Waals surface area contributed by atoms with E-state index >= 15 is 0 Å². The first kappa shape index (κ1) is 12.8. The van der Waals surface area contributed by atoms with Gasteiger partial charge < -0.3 is 10.2 Å². The van der Waals surface area contributed by atoms with E-state index < -0.39 is 0 Å². The van der Waals surface area contributed by atoms with Gasteiger partial charge in [0, 0.05) is 19.1 Å². The Balaban J connectivity index is 2.30. The van der Waals surface area contributed by atoms with Crippen LogP contribution in [0, 0.1) is 5.92 Å². The van der Waals surface area contributed by atoms with Gasteiger partial charge in [0.15, 0.2) is 5.11 Å². The lowest BCUT2D eigenvalue weighted by Gasteiger charge is -2.27. The zero-order chi connectivity index (χ0) is 11.3. The highest BCUT2D eigenvalue weighted by Crippen LogP contribution is 2.27. The zero-order valence-corrected chi connectivity index (χ0v) is 11.1. The molecule has 0 unspecified atom stereocenters. The number of hydrogen-bond donors (Lipinski definition) is 1. The van der Waals surface area contributed by atoms with E-state index in [4.69, 9.17) is 12.2 Å². The van der Waals surface area contributed by atoms with Crippen LogP contribution in [-0.4, -0.2) is 29.1 Å². The summed E-state index contributed by atoms with van der Waals surface area (Å²) in [4.78, 5) is 2.38. The molecule has 0 aromatic heterocycles. The second-order valence-electron chi connectivity index (χ2n) is 4.86. The summed E-state index contributed by atoms with van der Waals surface area (Å²) in [6, 6.07) is 0.731. The summed E-state index contributed by atoms with van der Waals surface area (Å²) in [5.74, 6) is 0.691. The Hall–Kier alpha value is -0.310. The van der Waals surface area contributed by atoms with Gasteiger partial charge in [-0.15, -0.1) is 0 Å². The predicted octanol–water partition coefficient (Wildman–Crippen LogP) is 2.78. The van der Waals surface area contributed by atoms with Crippen LogP contribution < -0.4 is 5.32 Å². The van der Waals surface area contributed by atoms with Crippen LogP contribution >= 0.6 is 12.2 Å². The molecule has 1 N–H and O–H groups in total. The van der Waals surface area contributed by atoms with Crippen molar-refractivity contribution in [3.63, 3.8) is 0 Å². The van der Waals surface area contributed by atoms with Crippen LogP contribution in [0.4, 0.5) is 0 Å². The predicted molar refractivity (Wildman–Crippen MR) is 70.1 cm³/mol. The molecule has 0 radical (unpaired) electrons. The minimum atomic E-state index is 0.691. The molecule has 0 aromatic carbocycles. The summed E-state index contributed by atoms with van der Waals surface area (Å²) < 4.78 is 0. The van der Waals surface area contributed by atoms with Gasteiger partial charge >= 0.3 is 0 Å². The number of nitrogens with zero attached hydrogens (tertiary/aromatic N) is 1. The Morgan fingerprint density at radius 3 is 2.60 bits per heavy atom. The lowest BCUT2D eigenvalue weighted by atomic mass is 10.2. The SMILES string of the molecule is CCCCNC(=S)N(CC(C)C)C1CC1. The second-order valence-corrected chi connectivity index (χ2v) is 5.25. The van der Waals surface area contributed by atoms with Crippen LogP contribution in [0.1, 0.15) is 46.5 Å². The highest BCUT2D eigenvalue weighted by atomic mass is 32.1. The number of unbranched alkanes of at least 4 members (excludes halogenated alkanes) is 1. The molecule has 1 rings (SSSR count). The van der Waals surface area contributed by atoms with Crippen LogP contribution in [0.2, 0.25) is 0 Å². The fourth-order valence-corrected chi connectivity index (χ4v) is 1.98. The van der Waals surface area contributed by atoms with E-state index in [1.54, 1.807) is 0 Å². The maximum atomic E-state index is 5.44. The van der Waals surface area contributed by atoms with Crippen molar-refractivity contribution in [1.29, 1.82) is 0 Å². The minimum Gasteiger partial charge on any atom is -0.363 e. The highest BCUT2D eigenvalue weighted by molar-refractivity contribution is 7.80. The molecule has 0 bridgehead atoms. The third kappa shape index (κ3) is 4.83. The van der Waals surface area contributed by atoms with Crippen molar-refractivity contribution in [2.45, 2.75) is 52.5 Å². The first-order valence-electron chi connectivity index (χ1n) is 6.19. The van der Waals surface area contributed by atoms with Gasteiger partial charge in [-0.3, -0.25) is 0 Å². The summed E-state index contributed by atoms with van der Waals surface area (Å²) in [6.07, 6.45) is 5.08. The maximum Gasteiger partial charge on any atom is 0.169 e. The van der Waals surface area contributed by atoms with Gasteiger partial charge in [-0.2, -0.15) is 0 Å². The molecular weight excluding hydrogens is 204 g/mol. The van der Waals surface area contributed by atoms with Crippen LogP contribution in [0.5, 0.6) is 0 Å². The van der Waals surface area contributed by atoms with Crippen molar-refractivity contribution >= 4 is 17.3 Å². The Labute approximate surface area is 99.4 Å². The average molecular weight is 228 g/mol. The van der Waals surface area contributed by atoms with Crippen molar-refractivity contribution < 1.29 is 0 Å². The van der Waals surface area contributed by atoms with Gasteiger partial charge in [0.2, 0.25) is 0 Å². The van der Waals surface area contributed by atoms with Gasteiger partial charge in [0.05, 0.1) is 0 Å². The molecule has 0 saturated heterocycles. The zero-order valence-electron chi connectivity index (χ0n) is 10.3. The molecule has 15 heavy (non-hydrogen) atoms. The molecule has 0 aromatic rings. The monoisotopic (exact) mass is 228 g/mol. The molecule has 0 spiro atoms. The lowest BCUT2D eigenvalue weighted by Crippen LogP contribution is -2.43. The van der Waals surface area contributed by atoms with E-state index in [-0.39, 0.29) is 0 Å². The third-order valence-corrected chi connectivity index (χ3v) is 3.00. The second kappa shape index (κ2) is 6.31. The van der Waals surface area contributed by atoms with E-state index in [1.807, 2.05) is 0 Å². The molecule has 0 heterocycles. The number of hydrogen-bond acceptors (Lipinski definition) is 1. The average Bonchev–Trinajstić information content (AvgIpc) is 2.97. The third-order valence-electron chi connectivity index (χ3n) is 2.62. The van der Waals surface area contributed by atoms with E-state index in [9.17, 15) is 0 Å². The number of thiocarbonyl (C=S) groups is 1. The van der Waals surface area contributed by atoms with Gasteiger partial charge in [0.1, 0.15) is 0 Å². The van der Waals surface area contributed by atoms with E-state index in [0.717, 1.165) is 24.2 Å². The molecule has 1 fully saturated rings. The number of nitrogens with one attached hydrogen (secondary N) is 1. The van der Waals surface area contributed by atoms with Gasteiger partial charge in [0.25, 0.3) is 0 Å². The van der Waals surface area contributed by atoms with Crippen molar-refractivity contribution in [2.75, 3.05) is 13.1 Å². The Morgan fingerprint density at radius 1 is 1.47 bits per heavy atom. The first-order valence-corrected chi connectivity index (χ1v) is 6.60. The quantitative estimate of drug-likeness (QED) is 0.556. The molecular formula is C12H24N2S. The molecule has 0 atom stereocenters. The van der Waals surface area contributed by atoms with Gasteiger partial charge in [-0.1, -0.05) is 27.2 Å². The molecule has 1 aliphatic rings. The van der Waals surface area contributed by atoms with Gasteiger partial charge in [-0.05, 0) is 37.4 Å². The lowest BCUT2D eigenvalue weighted by molar-refractivity contribution is 0.352. The maximum absolute atomic E-state index is 5.44. The van der Waals surface area contributed by atoms with Crippen molar-refractivity contribution in [1.82, 2.24) is 10.2 Å². The van der Waals surface area contributed by atoms with Crippen molar-refractivity contribution in [3.05, 3.63) is 0 Å². The van der Waals surface area contributed by atoms with Gasteiger partial charge in [-0.25, -0.2) is 0 Å². The summed E-state index contributed by atoms with van der Waals surface area (Å²) >= 11 is 5.44. The van der Waals surface area contributed by atoms with E-state index in [2.05, 4.69) is 31.0 Å². The Kier molecular flexibility index (Phi) is 5.37. The standard InChI is InChI=1S/C12H24N2S/c1-4-5-8-13-12(15)14(9-10(2)3)11-6-7-11/h10-11H,4-9H2,1-3H3,(H,13,15). The molecule has 0 amide bonds. The summed E-state index contributed by atoms with van der Waals surface area (Å²) in [5.41, 5.74) is 0. The van der Waals surface area contributed by atoms with E-state index in [1.165, 1.54) is 25.7 Å². The minimum absolute atomic E-state index is 0.691. The molecule has 1 aliphatic carbocycles. The molecule has 1 saturated carbocycles. The molecule has 2 nitrogen and oxygen atoms in total. The highest BCUT2D eigenvalue weighted by Gasteiger charge is 2.30. The van der Waals surface area contributed by atoms with Crippen molar-refractivity contribution in [3.8, 4) is 0 Å². The number of rotatable bonds is 6. The first-order chi connectivity index (χ1) is 7.15. The van der Waals surface area contributed by atoms with Crippen molar-refractivity contribution in [2.24, 2.45) is 5.92 Å². The Bertz CT molecular complexity index is 200. The van der Waals surface area contributed by atoms with Crippen LogP contribution in [-0.2, 0) is 0 Å². The summed E-state index contributed by atoms with van der Waals surface area (Å²) in [5, 5.41) is 4.34. The smallest absolute Gasteiger partial charge is 0.169 e. The van der Waals surface area contributed by atoms with E-state index in [0.29, 0.717) is 5.92 Å².